The lowest BCUT2D eigenvalue weighted by atomic mass is 9.98. The first-order valence-electron chi connectivity index (χ1n) is 22.1. The number of hydrogen-bond donors (Lipinski definition) is 2. The Balaban J connectivity index is 1.15. The number of ether oxygens (including phenoxy) is 2. The van der Waals surface area contributed by atoms with E-state index >= 15 is 0 Å². The molecule has 0 spiro atoms. The third kappa shape index (κ3) is 12.0. The summed E-state index contributed by atoms with van der Waals surface area (Å²) in [6, 6.07) is 26.3. The van der Waals surface area contributed by atoms with Gasteiger partial charge in [-0.25, -0.2) is 14.4 Å². The highest BCUT2D eigenvalue weighted by Crippen LogP contribution is 2.50. The summed E-state index contributed by atoms with van der Waals surface area (Å²) in [7, 11) is -8.40. The Morgan fingerprint density at radius 3 is 2.06 bits per heavy atom. The number of benzene rings is 3. The summed E-state index contributed by atoms with van der Waals surface area (Å²) in [5, 5.41) is 2.63. The fourth-order valence-electron chi connectivity index (χ4n) is 8.20. The van der Waals surface area contributed by atoms with Crippen molar-refractivity contribution in [1.29, 1.82) is 0 Å². The lowest BCUT2D eigenvalue weighted by Crippen LogP contribution is -2.59. The van der Waals surface area contributed by atoms with Crippen LogP contribution in [0.25, 0.3) is 22.3 Å². The fourth-order valence-corrected chi connectivity index (χ4v) is 18.1. The first-order chi connectivity index (χ1) is 30.8. The topological polar surface area (TPSA) is 170 Å². The van der Waals surface area contributed by atoms with Crippen molar-refractivity contribution in [1.82, 2.24) is 24.2 Å². The molecule has 1 amide bonds. The molecule has 1 aliphatic heterocycles. The van der Waals surface area contributed by atoms with Gasteiger partial charge in [0.1, 0.15) is 18.9 Å². The predicted octanol–water partition coefficient (Wildman–Crippen LogP) is 9.52. The zero-order valence-electron chi connectivity index (χ0n) is 39.2. The second-order valence-corrected chi connectivity index (χ2v) is 31.9. The number of fused-ring (bicyclic) bond motifs is 4. The van der Waals surface area contributed by atoms with Crippen molar-refractivity contribution in [3.63, 3.8) is 0 Å². The lowest BCUT2D eigenvalue weighted by Gasteiger charge is -2.39. The van der Waals surface area contributed by atoms with E-state index in [1.54, 1.807) is 11.7 Å². The van der Waals surface area contributed by atoms with Crippen LogP contribution in [0.3, 0.4) is 0 Å². The van der Waals surface area contributed by atoms with E-state index in [2.05, 4.69) is 116 Å². The van der Waals surface area contributed by atoms with Crippen LogP contribution in [0.1, 0.15) is 63.0 Å². The van der Waals surface area contributed by atoms with E-state index in [0.29, 0.717) is 6.42 Å². The normalized spacial score (nSPS) is 18.5. The molecule has 2 aromatic heterocycles. The number of hydrogen-bond acceptors (Lipinski definition) is 13. The van der Waals surface area contributed by atoms with Crippen LogP contribution in [0.15, 0.2) is 90.0 Å². The molecule has 3 aromatic carbocycles. The van der Waals surface area contributed by atoms with Gasteiger partial charge in [0.05, 0.1) is 25.6 Å². The Bertz CT molecular complexity index is 2400. The number of carbonyl (C=O) groups excluding carboxylic acids is 1. The molecule has 1 fully saturated rings. The summed E-state index contributed by atoms with van der Waals surface area (Å²) in [4.78, 5) is 38.5. The Labute approximate surface area is 386 Å². The molecule has 5 aromatic rings. The molecule has 4 atom stereocenters. The summed E-state index contributed by atoms with van der Waals surface area (Å²) in [6.45, 7) is 21.2. The van der Waals surface area contributed by atoms with Gasteiger partial charge in [0.15, 0.2) is 27.8 Å². The zero-order valence-corrected chi connectivity index (χ0v) is 43.1. The van der Waals surface area contributed by atoms with Crippen molar-refractivity contribution in [2.75, 3.05) is 25.6 Å². The van der Waals surface area contributed by atoms with Crippen LogP contribution in [-0.4, -0.2) is 101 Å². The summed E-state index contributed by atoms with van der Waals surface area (Å²) in [5.41, 5.74) is 5.09. The van der Waals surface area contributed by atoms with Gasteiger partial charge in [-0.1, -0.05) is 78.9 Å². The Morgan fingerprint density at radius 1 is 0.877 bits per heavy atom. The standard InChI is InChI=1S/C45H63N6O10PSi3/c1-30(2)51(31(3)4)62(54-5)59-38-25-40(58-39(38)28-57-65(60-63(6,7)8,61-64(9,10)11)56-26-32-19-13-12-14-20-32)50-29-46-41-42(50)47-44(48-43(41)52)49-45(53)55-27-37-35-23-17-15-21-33(35)34-22-16-18-24-36(34)37/h12-24,29-31,37-40H,25-28H2,1-11H3,(H2,47,48,49,52,53)/t38-,39+,40+,62?/m0/s1. The Morgan fingerprint density at radius 2 is 1.48 bits per heavy atom. The van der Waals surface area contributed by atoms with Gasteiger partial charge < -0.3 is 35.6 Å². The number of aromatic nitrogens is 4. The maximum Gasteiger partial charge on any atom is 0.658 e. The van der Waals surface area contributed by atoms with E-state index < -0.39 is 64.3 Å². The van der Waals surface area contributed by atoms with E-state index in [1.807, 2.05) is 54.6 Å². The van der Waals surface area contributed by atoms with Gasteiger partial charge in [0.25, 0.3) is 14.1 Å². The molecule has 20 heteroatoms. The van der Waals surface area contributed by atoms with Gasteiger partial charge in [-0.3, -0.25) is 19.7 Å². The number of anilines is 1. The van der Waals surface area contributed by atoms with Crippen LogP contribution in [0.5, 0.6) is 0 Å². The minimum Gasteiger partial charge on any atom is -0.448 e. The molecule has 350 valence electrons. The van der Waals surface area contributed by atoms with Gasteiger partial charge >= 0.3 is 15.1 Å². The molecule has 1 saturated heterocycles. The number of nitrogens with one attached hydrogen (secondary N) is 2. The van der Waals surface area contributed by atoms with Gasteiger partial charge in [-0.15, -0.1) is 0 Å². The third-order valence-corrected chi connectivity index (χ3v) is 20.6. The van der Waals surface area contributed by atoms with Crippen LogP contribution in [-0.2, 0) is 42.2 Å². The van der Waals surface area contributed by atoms with E-state index in [-0.39, 0.29) is 54.9 Å². The predicted molar refractivity (Wildman–Crippen MR) is 258 cm³/mol. The average molecular weight is 963 g/mol. The first-order valence-corrected chi connectivity index (χ1v) is 31.7. The van der Waals surface area contributed by atoms with Crippen molar-refractivity contribution < 1.29 is 40.4 Å². The highest BCUT2D eigenvalue weighted by molar-refractivity contribution is 7.44. The van der Waals surface area contributed by atoms with Crippen molar-refractivity contribution >= 4 is 57.4 Å². The zero-order chi connectivity index (χ0) is 46.7. The smallest absolute Gasteiger partial charge is 0.448 e. The van der Waals surface area contributed by atoms with Gasteiger partial charge in [-0.05, 0) is 94.8 Å². The van der Waals surface area contributed by atoms with Crippen molar-refractivity contribution in [3.8, 4) is 11.1 Å². The highest BCUT2D eigenvalue weighted by atomic mass is 31.2. The monoisotopic (exact) mass is 962 g/mol. The van der Waals surface area contributed by atoms with Crippen molar-refractivity contribution in [2.24, 2.45) is 0 Å². The van der Waals surface area contributed by atoms with Gasteiger partial charge in [0.2, 0.25) is 5.95 Å². The number of H-pyrrole nitrogens is 1. The second kappa shape index (κ2) is 20.5. The second-order valence-electron chi connectivity index (χ2n) is 18.7. The molecule has 2 aliphatic rings. The molecule has 0 saturated carbocycles. The van der Waals surface area contributed by atoms with Crippen molar-refractivity contribution in [2.45, 2.75) is 116 Å². The molecule has 65 heavy (non-hydrogen) atoms. The summed E-state index contributed by atoms with van der Waals surface area (Å²) < 4.78 is 56.6. The molecule has 0 radical (unpaired) electrons. The molecule has 2 N–H and O–H groups in total. The highest BCUT2D eigenvalue weighted by Gasteiger charge is 2.53. The summed E-state index contributed by atoms with van der Waals surface area (Å²) in [6.07, 6.45) is -0.900. The van der Waals surface area contributed by atoms with E-state index in [9.17, 15) is 9.59 Å². The van der Waals surface area contributed by atoms with Gasteiger partial charge in [-0.2, -0.15) is 4.98 Å². The first kappa shape index (κ1) is 49.0. The number of aromatic amines is 1. The number of amides is 1. The SMILES string of the molecule is COP(O[C@H]1C[C@H](n2cnc3c(=O)[nH]c(NC(=O)OCC4c5ccccc5-c5ccccc54)nc32)O[C@@H]1CO[Si](OCc1ccccc1)(O[Si](C)(C)C)O[Si](C)(C)C)N(C(C)C)C(C)C. The number of imidazole rings is 1. The minimum atomic E-state index is -3.84. The van der Waals surface area contributed by atoms with Crippen LogP contribution < -0.4 is 10.9 Å². The van der Waals surface area contributed by atoms with Crippen LogP contribution in [0.2, 0.25) is 39.3 Å². The van der Waals surface area contributed by atoms with Crippen LogP contribution >= 0.6 is 8.53 Å². The third-order valence-electron chi connectivity index (χ3n) is 10.7. The molecule has 0 bridgehead atoms. The van der Waals surface area contributed by atoms with E-state index in [4.69, 9.17) is 35.6 Å². The molecule has 16 nitrogen and oxygen atoms in total. The Hall–Kier alpha value is -3.96. The maximum atomic E-state index is 13.5. The van der Waals surface area contributed by atoms with Gasteiger partial charge in [0, 0.05) is 31.5 Å². The van der Waals surface area contributed by atoms with Crippen molar-refractivity contribution in [3.05, 3.63) is 112 Å². The Kier molecular flexibility index (Phi) is 15.4. The molecule has 1 unspecified atom stereocenters. The number of nitrogens with zero attached hydrogens (tertiary/aromatic N) is 4. The maximum absolute atomic E-state index is 13.5. The summed E-state index contributed by atoms with van der Waals surface area (Å²) in [5.74, 6) is -0.242. The molecular weight excluding hydrogens is 900 g/mol. The number of rotatable bonds is 20. The van der Waals surface area contributed by atoms with Crippen LogP contribution in [0.4, 0.5) is 10.7 Å². The quantitative estimate of drug-likeness (QED) is 0.0559. The lowest BCUT2D eigenvalue weighted by molar-refractivity contribution is -0.0615. The minimum absolute atomic E-state index is 0.00259. The fraction of sp³-hybridized carbons (Fsp3) is 0.467. The van der Waals surface area contributed by atoms with E-state index in [1.165, 1.54) is 6.33 Å². The largest absolute Gasteiger partial charge is 0.658 e. The number of carbonyl (C=O) groups is 1. The summed E-state index contributed by atoms with van der Waals surface area (Å²) >= 11 is 0. The molecule has 3 heterocycles. The molecule has 7 rings (SSSR count). The van der Waals surface area contributed by atoms with E-state index in [0.717, 1.165) is 27.8 Å². The molecule has 1 aliphatic carbocycles. The molecular formula is C45H63N6O10PSi3. The average Bonchev–Trinajstić information content (AvgIpc) is 3.94. The van der Waals surface area contributed by atoms with Crippen LogP contribution in [0, 0.1) is 0 Å².